The summed E-state index contributed by atoms with van der Waals surface area (Å²) in [5, 5.41) is 8.80. The van der Waals surface area contributed by atoms with E-state index in [1.807, 2.05) is 6.92 Å². The average molecular weight is 186 g/mol. The van der Waals surface area contributed by atoms with Gasteiger partial charge in [-0.1, -0.05) is 0 Å². The molecule has 0 unspecified atom stereocenters. The molecule has 1 aliphatic carbocycles. The maximum atomic E-state index is 11.6. The molecule has 0 N–H and O–H groups in total. The number of rotatable bonds is 0. The summed E-state index contributed by atoms with van der Waals surface area (Å²) in [7, 11) is 0. The van der Waals surface area contributed by atoms with Crippen molar-refractivity contribution in [2.24, 2.45) is 0 Å². The smallest absolute Gasteiger partial charge is 0.165 e. The third kappa shape index (κ3) is 1.20. The zero-order valence-electron chi connectivity index (χ0n) is 8.00. The zero-order chi connectivity index (χ0) is 10.1. The maximum absolute atomic E-state index is 11.6. The number of carbonyl (C=O) groups is 1. The van der Waals surface area contributed by atoms with Crippen molar-refractivity contribution in [3.05, 3.63) is 28.6 Å². The van der Waals surface area contributed by atoms with Gasteiger partial charge in [0.2, 0.25) is 0 Å². The van der Waals surface area contributed by atoms with Gasteiger partial charge in [-0.3, -0.25) is 9.78 Å². The van der Waals surface area contributed by atoms with E-state index in [-0.39, 0.29) is 5.78 Å². The first kappa shape index (κ1) is 8.89. The van der Waals surface area contributed by atoms with Gasteiger partial charge in [-0.2, -0.15) is 5.26 Å². The number of nitriles is 1. The Labute approximate surface area is 82.4 Å². The molecular formula is C11H10N2O. The molecule has 0 aromatic carbocycles. The fourth-order valence-corrected chi connectivity index (χ4v) is 1.87. The summed E-state index contributed by atoms with van der Waals surface area (Å²) in [6.07, 6.45) is 3.88. The molecule has 1 aromatic rings. The molecule has 0 aliphatic heterocycles. The number of hydrogen-bond donors (Lipinski definition) is 0. The second-order valence-electron chi connectivity index (χ2n) is 3.51. The molecule has 0 fully saturated rings. The summed E-state index contributed by atoms with van der Waals surface area (Å²) in [6.45, 7) is 1.82. The fraction of sp³-hybridized carbons (Fsp3) is 0.364. The highest BCUT2D eigenvalue weighted by molar-refractivity contribution is 5.99. The SMILES string of the molecule is Cc1c(C#N)cnc2c1C(=O)CCC2. The lowest BCUT2D eigenvalue weighted by molar-refractivity contribution is 0.0971. The maximum Gasteiger partial charge on any atom is 0.165 e. The predicted molar refractivity (Wildman–Crippen MR) is 51.0 cm³/mol. The van der Waals surface area contributed by atoms with Gasteiger partial charge in [-0.15, -0.1) is 0 Å². The number of carbonyl (C=O) groups excluding carboxylic acids is 1. The van der Waals surface area contributed by atoms with Crippen LogP contribution in [-0.2, 0) is 6.42 Å². The quantitative estimate of drug-likeness (QED) is 0.620. The molecule has 0 amide bonds. The van der Waals surface area contributed by atoms with E-state index in [9.17, 15) is 4.79 Å². The van der Waals surface area contributed by atoms with Crippen LogP contribution in [0.3, 0.4) is 0 Å². The second-order valence-corrected chi connectivity index (χ2v) is 3.51. The third-order valence-electron chi connectivity index (χ3n) is 2.63. The summed E-state index contributed by atoms with van der Waals surface area (Å²) >= 11 is 0. The van der Waals surface area contributed by atoms with Gasteiger partial charge in [-0.05, 0) is 25.3 Å². The first-order chi connectivity index (χ1) is 6.74. The molecule has 3 heteroatoms. The molecular weight excluding hydrogens is 176 g/mol. The Morgan fingerprint density at radius 1 is 1.50 bits per heavy atom. The molecule has 70 valence electrons. The second kappa shape index (κ2) is 3.22. The Hall–Kier alpha value is -1.69. The Morgan fingerprint density at radius 2 is 2.29 bits per heavy atom. The molecule has 0 saturated carbocycles. The minimum atomic E-state index is 0.133. The standard InChI is InChI=1S/C11H10N2O/c1-7-8(5-12)6-13-9-3-2-4-10(14)11(7)9/h6H,2-4H2,1H3. The summed E-state index contributed by atoms with van der Waals surface area (Å²) in [4.78, 5) is 15.8. The zero-order valence-corrected chi connectivity index (χ0v) is 8.00. The van der Waals surface area contributed by atoms with Gasteiger partial charge in [0.25, 0.3) is 0 Å². The molecule has 0 saturated heterocycles. The summed E-state index contributed by atoms with van der Waals surface area (Å²) < 4.78 is 0. The van der Waals surface area contributed by atoms with Crippen molar-refractivity contribution in [1.29, 1.82) is 5.26 Å². The van der Waals surface area contributed by atoms with Gasteiger partial charge in [-0.25, -0.2) is 0 Å². The lowest BCUT2D eigenvalue weighted by atomic mass is 9.90. The number of aromatic nitrogens is 1. The number of ketones is 1. The molecule has 0 radical (unpaired) electrons. The lowest BCUT2D eigenvalue weighted by Crippen LogP contribution is -2.15. The molecule has 0 atom stereocenters. The number of aryl methyl sites for hydroxylation is 1. The van der Waals surface area contributed by atoms with Crippen molar-refractivity contribution in [3.63, 3.8) is 0 Å². The third-order valence-corrected chi connectivity index (χ3v) is 2.63. The van der Waals surface area contributed by atoms with Crippen molar-refractivity contribution in [3.8, 4) is 6.07 Å². The van der Waals surface area contributed by atoms with Gasteiger partial charge in [0.15, 0.2) is 5.78 Å². The first-order valence-corrected chi connectivity index (χ1v) is 4.66. The monoisotopic (exact) mass is 186 g/mol. The minimum absolute atomic E-state index is 0.133. The van der Waals surface area contributed by atoms with E-state index >= 15 is 0 Å². The Morgan fingerprint density at radius 3 is 3.00 bits per heavy atom. The molecule has 1 aromatic heterocycles. The Balaban J connectivity index is 2.67. The van der Waals surface area contributed by atoms with Crippen molar-refractivity contribution in [1.82, 2.24) is 4.98 Å². The van der Waals surface area contributed by atoms with Crippen molar-refractivity contribution in [2.75, 3.05) is 0 Å². The van der Waals surface area contributed by atoms with Crippen molar-refractivity contribution < 1.29 is 4.79 Å². The van der Waals surface area contributed by atoms with E-state index in [1.54, 1.807) is 6.20 Å². The summed E-state index contributed by atoms with van der Waals surface area (Å²) in [5.41, 5.74) is 2.86. The fourth-order valence-electron chi connectivity index (χ4n) is 1.87. The Bertz CT molecular complexity index is 443. The van der Waals surface area contributed by atoms with E-state index in [2.05, 4.69) is 11.1 Å². The summed E-state index contributed by atoms with van der Waals surface area (Å²) in [5.74, 6) is 0.133. The Kier molecular flexibility index (Phi) is 2.05. The lowest BCUT2D eigenvalue weighted by Gasteiger charge is -2.15. The molecule has 2 rings (SSSR count). The van der Waals surface area contributed by atoms with E-state index in [0.29, 0.717) is 17.5 Å². The average Bonchev–Trinajstić information content (AvgIpc) is 2.18. The van der Waals surface area contributed by atoms with E-state index in [0.717, 1.165) is 24.1 Å². The predicted octanol–water partition coefficient (Wildman–Crippen LogP) is 1.78. The van der Waals surface area contributed by atoms with Gasteiger partial charge >= 0.3 is 0 Å². The molecule has 14 heavy (non-hydrogen) atoms. The molecule has 0 spiro atoms. The van der Waals surface area contributed by atoms with E-state index in [1.165, 1.54) is 0 Å². The molecule has 1 heterocycles. The van der Waals surface area contributed by atoms with Crippen LogP contribution in [0.25, 0.3) is 0 Å². The van der Waals surface area contributed by atoms with E-state index < -0.39 is 0 Å². The minimum Gasteiger partial charge on any atom is -0.294 e. The van der Waals surface area contributed by atoms with Gasteiger partial charge < -0.3 is 0 Å². The number of hydrogen-bond acceptors (Lipinski definition) is 3. The normalized spacial score (nSPS) is 14.7. The van der Waals surface area contributed by atoms with Crippen LogP contribution in [0.4, 0.5) is 0 Å². The van der Waals surface area contributed by atoms with Crippen LogP contribution < -0.4 is 0 Å². The van der Waals surface area contributed by atoms with Crippen LogP contribution in [0.2, 0.25) is 0 Å². The van der Waals surface area contributed by atoms with Gasteiger partial charge in [0.05, 0.1) is 11.3 Å². The van der Waals surface area contributed by atoms with Crippen LogP contribution in [0.5, 0.6) is 0 Å². The largest absolute Gasteiger partial charge is 0.294 e. The van der Waals surface area contributed by atoms with Crippen LogP contribution in [0, 0.1) is 18.3 Å². The van der Waals surface area contributed by atoms with E-state index in [4.69, 9.17) is 5.26 Å². The highest BCUT2D eigenvalue weighted by atomic mass is 16.1. The number of Topliss-reactive ketones (excluding diaryl/α,β-unsaturated/α-hetero) is 1. The highest BCUT2D eigenvalue weighted by Gasteiger charge is 2.21. The summed E-state index contributed by atoms with van der Waals surface area (Å²) in [6, 6.07) is 2.05. The molecule has 3 nitrogen and oxygen atoms in total. The number of fused-ring (bicyclic) bond motifs is 1. The van der Waals surface area contributed by atoms with Crippen LogP contribution >= 0.6 is 0 Å². The van der Waals surface area contributed by atoms with Crippen molar-refractivity contribution >= 4 is 5.78 Å². The number of pyridine rings is 1. The van der Waals surface area contributed by atoms with Gasteiger partial charge in [0, 0.05) is 18.2 Å². The molecule has 0 bridgehead atoms. The highest BCUT2D eigenvalue weighted by Crippen LogP contribution is 2.24. The van der Waals surface area contributed by atoms with Crippen LogP contribution in [0.15, 0.2) is 6.20 Å². The van der Waals surface area contributed by atoms with Gasteiger partial charge in [0.1, 0.15) is 6.07 Å². The molecule has 1 aliphatic rings. The first-order valence-electron chi connectivity index (χ1n) is 4.66. The van der Waals surface area contributed by atoms with Crippen LogP contribution in [-0.4, -0.2) is 10.8 Å². The van der Waals surface area contributed by atoms with Crippen LogP contribution in [0.1, 0.15) is 40.0 Å². The topological polar surface area (TPSA) is 53.8 Å². The van der Waals surface area contributed by atoms with Crippen molar-refractivity contribution in [2.45, 2.75) is 26.2 Å². The number of nitrogens with zero attached hydrogens (tertiary/aromatic N) is 2.